The predicted octanol–water partition coefficient (Wildman–Crippen LogP) is 0.107. The summed E-state index contributed by atoms with van der Waals surface area (Å²) in [7, 11) is 1.51. The minimum Gasteiger partial charge on any atom is -0.341 e. The van der Waals surface area contributed by atoms with Crippen molar-refractivity contribution in [3.8, 4) is 0 Å². The van der Waals surface area contributed by atoms with Crippen LogP contribution in [-0.2, 0) is 7.05 Å². The Morgan fingerprint density at radius 2 is 2.29 bits per heavy atom. The summed E-state index contributed by atoms with van der Waals surface area (Å²) in [4.78, 5) is 11.0. The van der Waals surface area contributed by atoms with Gasteiger partial charge in [-0.1, -0.05) is 5.21 Å². The van der Waals surface area contributed by atoms with Crippen molar-refractivity contribution in [1.29, 1.82) is 0 Å². The zero-order valence-electron chi connectivity index (χ0n) is 7.17. The highest BCUT2D eigenvalue weighted by Gasteiger charge is 2.28. The quantitative estimate of drug-likeness (QED) is 0.750. The number of halogens is 3. The molecule has 0 radical (unpaired) electrons. The van der Waals surface area contributed by atoms with E-state index in [9.17, 15) is 18.0 Å². The largest absolute Gasteiger partial charge is 0.405 e. The first kappa shape index (κ1) is 10.5. The van der Waals surface area contributed by atoms with Crippen molar-refractivity contribution in [2.45, 2.75) is 6.18 Å². The third kappa shape index (κ3) is 3.04. The van der Waals surface area contributed by atoms with Gasteiger partial charge in [0.05, 0.1) is 6.20 Å². The SMILES string of the molecule is Cn1cc(C(=O)NCC(F)(F)F)nn1. The van der Waals surface area contributed by atoms with Crippen molar-refractivity contribution in [2.75, 3.05) is 6.54 Å². The fourth-order valence-corrected chi connectivity index (χ4v) is 0.722. The Balaban J connectivity index is 2.52. The van der Waals surface area contributed by atoms with Crippen LogP contribution in [0, 0.1) is 0 Å². The number of nitrogens with zero attached hydrogens (tertiary/aromatic N) is 3. The molecule has 14 heavy (non-hydrogen) atoms. The number of rotatable bonds is 2. The fourth-order valence-electron chi connectivity index (χ4n) is 0.722. The van der Waals surface area contributed by atoms with Gasteiger partial charge in [0, 0.05) is 7.05 Å². The molecule has 0 saturated heterocycles. The fraction of sp³-hybridized carbons (Fsp3) is 0.500. The second-order valence-electron chi connectivity index (χ2n) is 2.58. The standard InChI is InChI=1S/C6H7F3N4O/c1-13-2-4(11-12-13)5(14)10-3-6(7,8)9/h2H,3H2,1H3,(H,10,14). The van der Waals surface area contributed by atoms with Crippen LogP contribution in [0.15, 0.2) is 6.20 Å². The van der Waals surface area contributed by atoms with Crippen LogP contribution < -0.4 is 5.32 Å². The second kappa shape index (κ2) is 3.64. The molecule has 0 atom stereocenters. The molecule has 0 saturated carbocycles. The molecule has 1 heterocycles. The highest BCUT2D eigenvalue weighted by Crippen LogP contribution is 2.12. The highest BCUT2D eigenvalue weighted by molar-refractivity contribution is 5.91. The lowest BCUT2D eigenvalue weighted by atomic mass is 10.4. The maximum atomic E-state index is 11.7. The third-order valence-electron chi connectivity index (χ3n) is 1.28. The molecule has 78 valence electrons. The number of alkyl halides is 3. The van der Waals surface area contributed by atoms with Gasteiger partial charge < -0.3 is 5.32 Å². The van der Waals surface area contributed by atoms with Crippen molar-refractivity contribution in [3.63, 3.8) is 0 Å². The first-order valence-electron chi connectivity index (χ1n) is 3.60. The Kier molecular flexibility index (Phi) is 2.73. The summed E-state index contributed by atoms with van der Waals surface area (Å²) in [5.74, 6) is -0.893. The average molecular weight is 208 g/mol. The lowest BCUT2D eigenvalue weighted by Crippen LogP contribution is -2.33. The third-order valence-corrected chi connectivity index (χ3v) is 1.28. The second-order valence-corrected chi connectivity index (χ2v) is 2.58. The monoisotopic (exact) mass is 208 g/mol. The molecule has 1 N–H and O–H groups in total. The summed E-state index contributed by atoms with van der Waals surface area (Å²) in [5.41, 5.74) is -0.142. The molecule has 1 aromatic heterocycles. The summed E-state index contributed by atoms with van der Waals surface area (Å²) in [6.45, 7) is -1.37. The van der Waals surface area contributed by atoms with E-state index in [1.54, 1.807) is 5.32 Å². The molecular formula is C6H7F3N4O. The minimum atomic E-state index is -4.42. The Bertz CT molecular complexity index is 332. The Labute approximate surface area is 76.9 Å². The van der Waals surface area contributed by atoms with Crippen molar-refractivity contribution in [3.05, 3.63) is 11.9 Å². The molecule has 0 aliphatic rings. The number of amides is 1. The lowest BCUT2D eigenvalue weighted by Gasteiger charge is -2.05. The summed E-state index contributed by atoms with van der Waals surface area (Å²) in [5, 5.41) is 8.43. The van der Waals surface area contributed by atoms with E-state index in [0.29, 0.717) is 0 Å². The van der Waals surface area contributed by atoms with Crippen LogP contribution in [0.25, 0.3) is 0 Å². The molecular weight excluding hydrogens is 201 g/mol. The molecule has 1 aromatic rings. The van der Waals surface area contributed by atoms with Gasteiger partial charge in [-0.3, -0.25) is 9.48 Å². The molecule has 1 rings (SSSR count). The topological polar surface area (TPSA) is 59.8 Å². The van der Waals surface area contributed by atoms with Crippen molar-refractivity contribution >= 4 is 5.91 Å². The zero-order valence-corrected chi connectivity index (χ0v) is 7.17. The number of hydrogen-bond acceptors (Lipinski definition) is 3. The first-order chi connectivity index (χ1) is 6.38. The number of carbonyl (C=O) groups is 1. The van der Waals surface area contributed by atoms with Crippen molar-refractivity contribution in [1.82, 2.24) is 20.3 Å². The van der Waals surface area contributed by atoms with Crippen LogP contribution in [0.4, 0.5) is 13.2 Å². The molecule has 0 aliphatic heterocycles. The van der Waals surface area contributed by atoms with Gasteiger partial charge in [0.15, 0.2) is 5.69 Å². The summed E-state index contributed by atoms with van der Waals surface area (Å²) in [6.07, 6.45) is -3.19. The van der Waals surface area contributed by atoms with Gasteiger partial charge >= 0.3 is 6.18 Å². The Morgan fingerprint density at radius 1 is 1.64 bits per heavy atom. The van der Waals surface area contributed by atoms with Crippen LogP contribution in [0.2, 0.25) is 0 Å². The zero-order chi connectivity index (χ0) is 10.8. The van der Waals surface area contributed by atoms with E-state index in [-0.39, 0.29) is 5.69 Å². The van der Waals surface area contributed by atoms with Gasteiger partial charge in [-0.15, -0.1) is 5.10 Å². The minimum absolute atomic E-state index is 0.142. The lowest BCUT2D eigenvalue weighted by molar-refractivity contribution is -0.123. The smallest absolute Gasteiger partial charge is 0.341 e. The van der Waals surface area contributed by atoms with Gasteiger partial charge in [0.25, 0.3) is 5.91 Å². The van der Waals surface area contributed by atoms with Crippen molar-refractivity contribution < 1.29 is 18.0 Å². The molecule has 0 aliphatic carbocycles. The van der Waals surface area contributed by atoms with Crippen LogP contribution in [-0.4, -0.2) is 33.6 Å². The maximum Gasteiger partial charge on any atom is 0.405 e. The molecule has 0 aromatic carbocycles. The number of aromatic nitrogens is 3. The van der Waals surface area contributed by atoms with Crippen LogP contribution in [0.1, 0.15) is 10.5 Å². The first-order valence-corrected chi connectivity index (χ1v) is 3.60. The van der Waals surface area contributed by atoms with Crippen LogP contribution in [0.3, 0.4) is 0 Å². The summed E-state index contributed by atoms with van der Waals surface area (Å²) >= 11 is 0. The number of nitrogens with one attached hydrogen (secondary N) is 1. The van der Waals surface area contributed by atoms with Gasteiger partial charge in [-0.05, 0) is 0 Å². The molecule has 0 unspecified atom stereocenters. The van der Waals surface area contributed by atoms with Gasteiger partial charge in [-0.2, -0.15) is 13.2 Å². The predicted molar refractivity (Wildman–Crippen MR) is 39.4 cm³/mol. The summed E-state index contributed by atoms with van der Waals surface area (Å²) < 4.78 is 36.3. The summed E-state index contributed by atoms with van der Waals surface area (Å²) in [6, 6.07) is 0. The van der Waals surface area contributed by atoms with Crippen LogP contribution >= 0.6 is 0 Å². The number of aryl methyl sites for hydroxylation is 1. The average Bonchev–Trinajstić information content (AvgIpc) is 2.46. The molecule has 5 nitrogen and oxygen atoms in total. The molecule has 0 fully saturated rings. The van der Waals surface area contributed by atoms with Crippen LogP contribution in [0.5, 0.6) is 0 Å². The molecule has 0 bridgehead atoms. The number of carbonyl (C=O) groups excluding carboxylic acids is 1. The molecule has 0 spiro atoms. The molecule has 8 heteroatoms. The Morgan fingerprint density at radius 3 is 2.71 bits per heavy atom. The van der Waals surface area contributed by atoms with Gasteiger partial charge in [-0.25, -0.2) is 0 Å². The van der Waals surface area contributed by atoms with E-state index in [0.717, 1.165) is 0 Å². The van der Waals surface area contributed by atoms with E-state index in [2.05, 4.69) is 10.3 Å². The normalized spacial score (nSPS) is 11.4. The van der Waals surface area contributed by atoms with Gasteiger partial charge in [0.2, 0.25) is 0 Å². The molecule has 1 amide bonds. The van der Waals surface area contributed by atoms with E-state index in [1.807, 2.05) is 0 Å². The van der Waals surface area contributed by atoms with Crippen molar-refractivity contribution in [2.24, 2.45) is 7.05 Å². The maximum absolute atomic E-state index is 11.7. The van der Waals surface area contributed by atoms with E-state index >= 15 is 0 Å². The van der Waals surface area contributed by atoms with E-state index in [4.69, 9.17) is 0 Å². The van der Waals surface area contributed by atoms with E-state index < -0.39 is 18.6 Å². The van der Waals surface area contributed by atoms with Gasteiger partial charge in [0.1, 0.15) is 6.54 Å². The highest BCUT2D eigenvalue weighted by atomic mass is 19.4. The number of hydrogen-bond donors (Lipinski definition) is 1. The Hall–Kier alpha value is -1.60. The van der Waals surface area contributed by atoms with E-state index in [1.165, 1.54) is 17.9 Å².